The van der Waals surface area contributed by atoms with Crippen molar-refractivity contribution in [2.45, 2.75) is 25.8 Å². The largest absolute Gasteiger partial charge is 0.504 e. The van der Waals surface area contributed by atoms with E-state index in [1.807, 2.05) is 0 Å². The van der Waals surface area contributed by atoms with Gasteiger partial charge in [0.1, 0.15) is 12.6 Å². The van der Waals surface area contributed by atoms with Gasteiger partial charge in [-0.15, -0.1) is 0 Å². The van der Waals surface area contributed by atoms with Gasteiger partial charge in [0, 0.05) is 6.42 Å². The number of hydrogen-bond donors (Lipinski definition) is 3. The molecule has 1 rings (SSSR count). The summed E-state index contributed by atoms with van der Waals surface area (Å²) in [7, 11) is 0. The lowest BCUT2D eigenvalue weighted by atomic mass is 10.1. The first kappa shape index (κ1) is 16.8. The fourth-order valence-electron chi connectivity index (χ4n) is 1.54. The molecule has 7 heteroatoms. The molecular formula is C14H19NO6. The van der Waals surface area contributed by atoms with Gasteiger partial charge in [-0.1, -0.05) is 6.07 Å². The molecule has 0 saturated carbocycles. The highest BCUT2D eigenvalue weighted by Crippen LogP contribution is 2.25. The van der Waals surface area contributed by atoms with Crippen molar-refractivity contribution < 1.29 is 29.3 Å². The second-order valence-corrected chi connectivity index (χ2v) is 4.36. The van der Waals surface area contributed by atoms with Crippen LogP contribution in [0.1, 0.15) is 18.9 Å². The van der Waals surface area contributed by atoms with Gasteiger partial charge in [-0.2, -0.15) is 0 Å². The highest BCUT2D eigenvalue weighted by atomic mass is 16.5. The van der Waals surface area contributed by atoms with E-state index in [-0.39, 0.29) is 31.1 Å². The van der Waals surface area contributed by atoms with E-state index in [1.165, 1.54) is 12.1 Å². The van der Waals surface area contributed by atoms with Crippen molar-refractivity contribution in [1.29, 1.82) is 0 Å². The average Bonchev–Trinajstić information content (AvgIpc) is 2.46. The summed E-state index contributed by atoms with van der Waals surface area (Å²) < 4.78 is 9.55. The Labute approximate surface area is 122 Å². The van der Waals surface area contributed by atoms with Gasteiger partial charge in [0.2, 0.25) is 0 Å². The molecule has 4 N–H and O–H groups in total. The predicted octanol–water partition coefficient (Wildman–Crippen LogP) is 0.464. The maximum atomic E-state index is 11.5. The summed E-state index contributed by atoms with van der Waals surface area (Å²) in [5, 5.41) is 18.5. The Kier molecular flexibility index (Phi) is 6.48. The highest BCUT2D eigenvalue weighted by molar-refractivity contribution is 5.76. The van der Waals surface area contributed by atoms with E-state index in [0.717, 1.165) is 0 Å². The molecule has 116 valence electrons. The number of phenols is 2. The van der Waals surface area contributed by atoms with Crippen molar-refractivity contribution in [2.24, 2.45) is 5.73 Å². The molecule has 0 aliphatic rings. The van der Waals surface area contributed by atoms with Crippen molar-refractivity contribution in [3.63, 3.8) is 0 Å². The predicted molar refractivity (Wildman–Crippen MR) is 73.7 cm³/mol. The summed E-state index contributed by atoms with van der Waals surface area (Å²) in [6, 6.07) is 3.30. The first-order valence-corrected chi connectivity index (χ1v) is 6.52. The monoisotopic (exact) mass is 297 g/mol. The Balaban J connectivity index is 2.34. The molecule has 0 radical (unpaired) electrons. The van der Waals surface area contributed by atoms with Gasteiger partial charge in [-0.05, 0) is 31.0 Å². The highest BCUT2D eigenvalue weighted by Gasteiger charge is 2.16. The molecule has 0 spiro atoms. The number of aryl methyl sites for hydroxylation is 1. The van der Waals surface area contributed by atoms with Crippen LogP contribution in [0.15, 0.2) is 18.2 Å². The third-order valence-corrected chi connectivity index (χ3v) is 2.67. The van der Waals surface area contributed by atoms with E-state index >= 15 is 0 Å². The number of carbonyl (C=O) groups excluding carboxylic acids is 2. The molecule has 1 aromatic rings. The molecule has 7 nitrogen and oxygen atoms in total. The molecule has 0 fully saturated rings. The van der Waals surface area contributed by atoms with Crippen molar-refractivity contribution in [1.82, 2.24) is 0 Å². The van der Waals surface area contributed by atoms with Crippen LogP contribution in [0.4, 0.5) is 0 Å². The molecule has 1 aromatic carbocycles. The van der Waals surface area contributed by atoms with Crippen LogP contribution in [0.3, 0.4) is 0 Å². The minimum atomic E-state index is -0.994. The van der Waals surface area contributed by atoms with Gasteiger partial charge in [-0.3, -0.25) is 9.59 Å². The van der Waals surface area contributed by atoms with E-state index in [4.69, 9.17) is 15.6 Å². The van der Waals surface area contributed by atoms with Crippen LogP contribution in [-0.2, 0) is 25.5 Å². The minimum absolute atomic E-state index is 0.0692. The fraction of sp³-hybridized carbons (Fsp3) is 0.429. The molecule has 1 atom stereocenters. The summed E-state index contributed by atoms with van der Waals surface area (Å²) in [5.41, 5.74) is 6.16. The van der Waals surface area contributed by atoms with E-state index in [1.54, 1.807) is 13.0 Å². The van der Waals surface area contributed by atoms with Crippen LogP contribution in [0.2, 0.25) is 0 Å². The summed E-state index contributed by atoms with van der Waals surface area (Å²) in [4.78, 5) is 22.7. The Morgan fingerprint density at radius 1 is 1.24 bits per heavy atom. The van der Waals surface area contributed by atoms with Crippen molar-refractivity contribution >= 4 is 11.9 Å². The third kappa shape index (κ3) is 5.70. The number of ether oxygens (including phenoxy) is 2. The summed E-state index contributed by atoms with van der Waals surface area (Å²) in [5.74, 6) is -1.59. The van der Waals surface area contributed by atoms with Crippen LogP contribution in [0, 0.1) is 0 Å². The lowest BCUT2D eigenvalue weighted by Crippen LogP contribution is -2.37. The normalized spacial score (nSPS) is 11.7. The first-order valence-electron chi connectivity index (χ1n) is 6.52. The van der Waals surface area contributed by atoms with Crippen molar-refractivity contribution in [3.05, 3.63) is 23.8 Å². The number of hydrogen-bond acceptors (Lipinski definition) is 7. The van der Waals surface area contributed by atoms with Crippen LogP contribution < -0.4 is 5.73 Å². The summed E-state index contributed by atoms with van der Waals surface area (Å²) in [6.07, 6.45) is 0.404. The van der Waals surface area contributed by atoms with Crippen molar-refractivity contribution in [3.8, 4) is 11.5 Å². The molecule has 0 aliphatic heterocycles. The molecule has 0 heterocycles. The van der Waals surface area contributed by atoms with Gasteiger partial charge in [-0.25, -0.2) is 0 Å². The second-order valence-electron chi connectivity index (χ2n) is 4.36. The lowest BCUT2D eigenvalue weighted by Gasteiger charge is -2.11. The molecular weight excluding hydrogens is 278 g/mol. The Hall–Kier alpha value is -2.28. The van der Waals surface area contributed by atoms with Crippen LogP contribution in [0.25, 0.3) is 0 Å². The molecule has 0 bridgehead atoms. The number of phenolic OH excluding ortho intramolecular Hbond substituents is 2. The molecule has 0 aliphatic carbocycles. The van der Waals surface area contributed by atoms with Crippen LogP contribution in [0.5, 0.6) is 11.5 Å². The zero-order valence-electron chi connectivity index (χ0n) is 11.7. The standard InChI is InChI=1S/C14H19NO6/c1-2-20-14(19)10(15)8-21-13(18)6-4-9-3-5-11(16)12(17)7-9/h3,5,7,10,16-17H,2,4,6,8,15H2,1H3/t10-/m0/s1. The zero-order chi connectivity index (χ0) is 15.8. The number of esters is 2. The van der Waals surface area contributed by atoms with E-state index in [9.17, 15) is 14.7 Å². The average molecular weight is 297 g/mol. The molecule has 21 heavy (non-hydrogen) atoms. The van der Waals surface area contributed by atoms with Crippen LogP contribution >= 0.6 is 0 Å². The van der Waals surface area contributed by atoms with Gasteiger partial charge in [0.15, 0.2) is 11.5 Å². The van der Waals surface area contributed by atoms with Crippen LogP contribution in [-0.4, -0.2) is 41.4 Å². The van der Waals surface area contributed by atoms with E-state index in [2.05, 4.69) is 4.74 Å². The SMILES string of the molecule is CCOC(=O)[C@@H](N)COC(=O)CCc1ccc(O)c(O)c1. The van der Waals surface area contributed by atoms with Gasteiger partial charge >= 0.3 is 11.9 Å². The summed E-state index contributed by atoms with van der Waals surface area (Å²) in [6.45, 7) is 1.63. The number of nitrogens with two attached hydrogens (primary N) is 1. The Bertz CT molecular complexity index is 502. The van der Waals surface area contributed by atoms with E-state index < -0.39 is 18.0 Å². The zero-order valence-corrected chi connectivity index (χ0v) is 11.7. The smallest absolute Gasteiger partial charge is 0.326 e. The Morgan fingerprint density at radius 3 is 2.57 bits per heavy atom. The quantitative estimate of drug-likeness (QED) is 0.494. The fourth-order valence-corrected chi connectivity index (χ4v) is 1.54. The molecule has 0 amide bonds. The van der Waals surface area contributed by atoms with E-state index in [0.29, 0.717) is 12.0 Å². The molecule has 0 saturated heterocycles. The van der Waals surface area contributed by atoms with Crippen molar-refractivity contribution in [2.75, 3.05) is 13.2 Å². The van der Waals surface area contributed by atoms with Gasteiger partial charge < -0.3 is 25.4 Å². The minimum Gasteiger partial charge on any atom is -0.504 e. The summed E-state index contributed by atoms with van der Waals surface area (Å²) >= 11 is 0. The number of aromatic hydroxyl groups is 2. The number of benzene rings is 1. The number of carbonyl (C=O) groups is 2. The maximum absolute atomic E-state index is 11.5. The second kappa shape index (κ2) is 8.11. The number of rotatable bonds is 7. The molecule has 0 aromatic heterocycles. The lowest BCUT2D eigenvalue weighted by molar-refractivity contribution is -0.150. The Morgan fingerprint density at radius 2 is 1.95 bits per heavy atom. The van der Waals surface area contributed by atoms with Gasteiger partial charge in [0.25, 0.3) is 0 Å². The third-order valence-electron chi connectivity index (χ3n) is 2.67. The maximum Gasteiger partial charge on any atom is 0.326 e. The van der Waals surface area contributed by atoms with Gasteiger partial charge in [0.05, 0.1) is 6.61 Å². The first-order chi connectivity index (χ1) is 9.93. The topological polar surface area (TPSA) is 119 Å². The molecule has 0 unspecified atom stereocenters.